The molecule has 1 saturated carbocycles. The summed E-state index contributed by atoms with van der Waals surface area (Å²) in [4.78, 5) is 16.3. The number of hydrogen-bond donors (Lipinski definition) is 1. The molecule has 0 radical (unpaired) electrons. The number of aromatic nitrogens is 1. The average molecular weight is 285 g/mol. The quantitative estimate of drug-likeness (QED) is 0.677. The Morgan fingerprint density at radius 2 is 2.37 bits per heavy atom. The van der Waals surface area contributed by atoms with Crippen molar-refractivity contribution in [1.29, 1.82) is 0 Å². The van der Waals surface area contributed by atoms with Crippen LogP contribution in [0.2, 0.25) is 5.02 Å². The van der Waals surface area contributed by atoms with E-state index >= 15 is 0 Å². The topological polar surface area (TPSA) is 85.3 Å². The third kappa shape index (κ3) is 2.79. The van der Waals surface area contributed by atoms with E-state index in [1.54, 1.807) is 0 Å². The molecule has 7 heteroatoms. The maximum Gasteiger partial charge on any atom is 0.289 e. The molecule has 2 atom stereocenters. The van der Waals surface area contributed by atoms with Gasteiger partial charge in [-0.1, -0.05) is 18.0 Å². The van der Waals surface area contributed by atoms with Crippen LogP contribution in [0.5, 0.6) is 0 Å². The van der Waals surface area contributed by atoms with E-state index in [1.165, 1.54) is 12.3 Å². The Morgan fingerprint density at radius 1 is 1.63 bits per heavy atom. The maximum atomic E-state index is 10.7. The third-order valence-corrected chi connectivity index (χ3v) is 4.05. The van der Waals surface area contributed by atoms with Gasteiger partial charge in [0.1, 0.15) is 12.0 Å². The van der Waals surface area contributed by atoms with Crippen LogP contribution < -0.4 is 10.6 Å². The highest BCUT2D eigenvalue weighted by atomic mass is 35.5. The van der Waals surface area contributed by atoms with Gasteiger partial charge >= 0.3 is 0 Å². The van der Waals surface area contributed by atoms with Crippen molar-refractivity contribution in [3.05, 3.63) is 27.4 Å². The molecule has 2 rings (SSSR count). The van der Waals surface area contributed by atoms with Gasteiger partial charge in [-0.15, -0.1) is 0 Å². The summed E-state index contributed by atoms with van der Waals surface area (Å²) in [6.45, 7) is 0.638. The lowest BCUT2D eigenvalue weighted by Crippen LogP contribution is -2.38. The van der Waals surface area contributed by atoms with Gasteiger partial charge in [0, 0.05) is 19.2 Å². The molecule has 0 bridgehead atoms. The van der Waals surface area contributed by atoms with Crippen molar-refractivity contribution in [2.45, 2.75) is 25.3 Å². The second-order valence-corrected chi connectivity index (χ2v) is 5.27. The monoisotopic (exact) mass is 284 g/mol. The van der Waals surface area contributed by atoms with Gasteiger partial charge in [-0.3, -0.25) is 10.1 Å². The summed E-state index contributed by atoms with van der Waals surface area (Å²) in [6, 6.07) is 1.64. The lowest BCUT2D eigenvalue weighted by molar-refractivity contribution is -0.385. The number of anilines is 1. The molecule has 1 aliphatic rings. The largest absolute Gasteiger partial charge is 0.355 e. The first kappa shape index (κ1) is 14.0. The Kier molecular flexibility index (Phi) is 4.21. The van der Waals surface area contributed by atoms with Crippen molar-refractivity contribution >= 4 is 23.1 Å². The van der Waals surface area contributed by atoms with E-state index in [2.05, 4.69) is 4.98 Å². The molecule has 2 unspecified atom stereocenters. The molecule has 1 fully saturated rings. The maximum absolute atomic E-state index is 10.7. The molecule has 1 heterocycles. The molecule has 0 spiro atoms. The molecule has 0 amide bonds. The number of nitro groups is 1. The average Bonchev–Trinajstić information content (AvgIpc) is 2.85. The van der Waals surface area contributed by atoms with E-state index < -0.39 is 4.92 Å². The predicted octanol–water partition coefficient (Wildman–Crippen LogP) is 2.21. The van der Waals surface area contributed by atoms with Gasteiger partial charge in [0.05, 0.1) is 9.95 Å². The van der Waals surface area contributed by atoms with Gasteiger partial charge in [0.2, 0.25) is 0 Å². The minimum Gasteiger partial charge on any atom is -0.355 e. The summed E-state index contributed by atoms with van der Waals surface area (Å²) in [6.07, 6.45) is 4.54. The van der Waals surface area contributed by atoms with Crippen LogP contribution in [-0.2, 0) is 0 Å². The second-order valence-electron chi connectivity index (χ2n) is 4.86. The lowest BCUT2D eigenvalue weighted by Gasteiger charge is -2.30. The van der Waals surface area contributed by atoms with Gasteiger partial charge < -0.3 is 10.6 Å². The molecule has 1 aromatic heterocycles. The fourth-order valence-electron chi connectivity index (χ4n) is 2.74. The van der Waals surface area contributed by atoms with Crippen LogP contribution in [0.25, 0.3) is 0 Å². The van der Waals surface area contributed by atoms with Crippen LogP contribution in [-0.4, -0.2) is 29.5 Å². The minimum atomic E-state index is -0.499. The Bertz CT molecular complexity index is 483. The Hall–Kier alpha value is -1.40. The number of rotatable bonds is 4. The van der Waals surface area contributed by atoms with Gasteiger partial charge in [-0.2, -0.15) is 0 Å². The lowest BCUT2D eigenvalue weighted by atomic mass is 10.0. The predicted molar refractivity (Wildman–Crippen MR) is 74.5 cm³/mol. The number of pyridine rings is 1. The fraction of sp³-hybridized carbons (Fsp3) is 0.583. The zero-order valence-electron chi connectivity index (χ0n) is 10.8. The van der Waals surface area contributed by atoms with Crippen LogP contribution in [0.4, 0.5) is 11.5 Å². The Morgan fingerprint density at radius 3 is 2.95 bits per heavy atom. The van der Waals surface area contributed by atoms with Gasteiger partial charge in [-0.05, 0) is 25.3 Å². The van der Waals surface area contributed by atoms with Crippen molar-refractivity contribution in [3.8, 4) is 0 Å². The molecule has 19 heavy (non-hydrogen) atoms. The zero-order valence-corrected chi connectivity index (χ0v) is 11.5. The van der Waals surface area contributed by atoms with E-state index in [4.69, 9.17) is 17.3 Å². The SMILES string of the molecule is CN(c1ncc([N+](=O)[O-])cc1Cl)C1CCCC1CN. The summed E-state index contributed by atoms with van der Waals surface area (Å²) in [5.41, 5.74) is 5.68. The number of hydrogen-bond acceptors (Lipinski definition) is 5. The molecule has 1 aliphatic carbocycles. The van der Waals surface area contributed by atoms with E-state index in [0.29, 0.717) is 29.3 Å². The summed E-state index contributed by atoms with van der Waals surface area (Å²) >= 11 is 6.10. The Balaban J connectivity index is 2.24. The van der Waals surface area contributed by atoms with Gasteiger partial charge in [0.25, 0.3) is 5.69 Å². The molecular weight excluding hydrogens is 268 g/mol. The zero-order chi connectivity index (χ0) is 14.0. The Labute approximate surface area is 116 Å². The van der Waals surface area contributed by atoms with Crippen molar-refractivity contribution < 1.29 is 4.92 Å². The number of nitrogens with zero attached hydrogens (tertiary/aromatic N) is 3. The van der Waals surface area contributed by atoms with E-state index in [1.807, 2.05) is 11.9 Å². The first-order valence-corrected chi connectivity index (χ1v) is 6.65. The van der Waals surface area contributed by atoms with Gasteiger partial charge in [0.15, 0.2) is 0 Å². The molecule has 6 nitrogen and oxygen atoms in total. The van der Waals surface area contributed by atoms with Crippen molar-refractivity contribution in [3.63, 3.8) is 0 Å². The standard InChI is InChI=1S/C12H17ClN4O2/c1-16(11-4-2-3-8(11)6-14)12-10(13)5-9(7-15-12)17(18)19/h5,7-8,11H,2-4,6,14H2,1H3. The highest BCUT2D eigenvalue weighted by molar-refractivity contribution is 6.33. The normalized spacial score (nSPS) is 22.5. The highest BCUT2D eigenvalue weighted by Gasteiger charge is 2.31. The van der Waals surface area contributed by atoms with Crippen molar-refractivity contribution in [2.75, 3.05) is 18.5 Å². The van der Waals surface area contributed by atoms with Crippen LogP contribution in [0.3, 0.4) is 0 Å². The summed E-state index contributed by atoms with van der Waals surface area (Å²) in [5.74, 6) is 1.01. The number of nitrogens with two attached hydrogens (primary N) is 1. The molecule has 104 valence electrons. The summed E-state index contributed by atoms with van der Waals surface area (Å²) in [7, 11) is 1.92. The number of halogens is 1. The smallest absolute Gasteiger partial charge is 0.289 e. The van der Waals surface area contributed by atoms with E-state index in [9.17, 15) is 10.1 Å². The van der Waals surface area contributed by atoms with E-state index in [-0.39, 0.29) is 5.69 Å². The van der Waals surface area contributed by atoms with Crippen LogP contribution in [0.15, 0.2) is 12.3 Å². The molecular formula is C12H17ClN4O2. The van der Waals surface area contributed by atoms with Crippen LogP contribution in [0.1, 0.15) is 19.3 Å². The second kappa shape index (κ2) is 5.71. The first-order valence-electron chi connectivity index (χ1n) is 6.27. The fourth-order valence-corrected chi connectivity index (χ4v) is 3.03. The van der Waals surface area contributed by atoms with Crippen molar-refractivity contribution in [2.24, 2.45) is 11.7 Å². The molecule has 2 N–H and O–H groups in total. The first-order chi connectivity index (χ1) is 9.04. The van der Waals surface area contributed by atoms with Gasteiger partial charge in [-0.25, -0.2) is 4.98 Å². The highest BCUT2D eigenvalue weighted by Crippen LogP contribution is 2.34. The summed E-state index contributed by atoms with van der Waals surface area (Å²) < 4.78 is 0. The summed E-state index contributed by atoms with van der Waals surface area (Å²) in [5, 5.41) is 11.0. The molecule has 0 aliphatic heterocycles. The molecule has 1 aromatic rings. The van der Waals surface area contributed by atoms with Crippen LogP contribution >= 0.6 is 11.6 Å². The van der Waals surface area contributed by atoms with Crippen LogP contribution in [0, 0.1) is 16.0 Å². The van der Waals surface area contributed by atoms with Crippen molar-refractivity contribution in [1.82, 2.24) is 4.98 Å². The molecule has 0 saturated heterocycles. The minimum absolute atomic E-state index is 0.0936. The third-order valence-electron chi connectivity index (χ3n) is 3.77. The van der Waals surface area contributed by atoms with E-state index in [0.717, 1.165) is 19.3 Å². The molecule has 0 aromatic carbocycles.